The normalized spacial score (nSPS) is 14.9. The molecule has 3 rings (SSSR count). The third kappa shape index (κ3) is 2.82. The van der Waals surface area contributed by atoms with Crippen molar-refractivity contribution in [3.05, 3.63) is 36.9 Å². The van der Waals surface area contributed by atoms with Crippen LogP contribution in [0.5, 0.6) is 0 Å². The minimum atomic E-state index is 0.0684. The van der Waals surface area contributed by atoms with E-state index in [9.17, 15) is 4.79 Å². The molecule has 19 heavy (non-hydrogen) atoms. The van der Waals surface area contributed by atoms with E-state index >= 15 is 0 Å². The quantitative estimate of drug-likeness (QED) is 0.877. The average molecular weight is 257 g/mol. The number of nitrogens with one attached hydrogen (secondary N) is 2. The Morgan fingerprint density at radius 3 is 2.74 bits per heavy atom. The van der Waals surface area contributed by atoms with E-state index in [1.165, 1.54) is 6.39 Å². The van der Waals surface area contributed by atoms with Crippen LogP contribution in [0, 0.1) is 5.92 Å². The number of benzene rings is 1. The van der Waals surface area contributed by atoms with Gasteiger partial charge >= 0.3 is 0 Å². The lowest BCUT2D eigenvalue weighted by Gasteiger charge is -2.26. The van der Waals surface area contributed by atoms with Gasteiger partial charge in [-0.15, -0.1) is 0 Å². The van der Waals surface area contributed by atoms with Gasteiger partial charge < -0.3 is 15.1 Å². The molecule has 5 heteroatoms. The summed E-state index contributed by atoms with van der Waals surface area (Å²) in [6.07, 6.45) is 3.64. The average Bonchev–Trinajstić information content (AvgIpc) is 2.89. The van der Waals surface area contributed by atoms with Gasteiger partial charge in [0.1, 0.15) is 0 Å². The third-order valence-electron chi connectivity index (χ3n) is 3.23. The van der Waals surface area contributed by atoms with Gasteiger partial charge in [0.15, 0.2) is 12.2 Å². The van der Waals surface area contributed by atoms with Gasteiger partial charge in [0.2, 0.25) is 5.91 Å². The molecule has 98 valence electrons. The van der Waals surface area contributed by atoms with E-state index in [4.69, 9.17) is 4.42 Å². The van der Waals surface area contributed by atoms with Crippen molar-refractivity contribution in [3.8, 4) is 11.3 Å². The second-order valence-corrected chi connectivity index (χ2v) is 4.72. The minimum Gasteiger partial charge on any atom is -0.444 e. The number of hydrogen-bond acceptors (Lipinski definition) is 4. The molecule has 0 radical (unpaired) electrons. The Labute approximate surface area is 111 Å². The number of anilines is 1. The van der Waals surface area contributed by atoms with Gasteiger partial charge in [-0.25, -0.2) is 4.98 Å². The maximum Gasteiger partial charge on any atom is 0.224 e. The van der Waals surface area contributed by atoms with Crippen LogP contribution in [0.25, 0.3) is 11.3 Å². The van der Waals surface area contributed by atoms with Crippen LogP contribution in [0.2, 0.25) is 0 Å². The molecule has 2 heterocycles. The zero-order valence-electron chi connectivity index (χ0n) is 10.4. The highest BCUT2D eigenvalue weighted by Gasteiger charge is 2.19. The Bertz CT molecular complexity index is 545. The van der Waals surface area contributed by atoms with Crippen molar-refractivity contribution in [2.45, 2.75) is 6.42 Å². The highest BCUT2D eigenvalue weighted by atomic mass is 16.3. The first kappa shape index (κ1) is 11.9. The van der Waals surface area contributed by atoms with Crippen LogP contribution >= 0.6 is 0 Å². The number of aromatic nitrogens is 1. The molecule has 1 saturated heterocycles. The molecule has 5 nitrogen and oxygen atoms in total. The lowest BCUT2D eigenvalue weighted by atomic mass is 9.99. The molecule has 2 aromatic rings. The Morgan fingerprint density at radius 2 is 2.16 bits per heavy atom. The lowest BCUT2D eigenvalue weighted by Crippen LogP contribution is -2.43. The molecule has 0 unspecified atom stereocenters. The van der Waals surface area contributed by atoms with Crippen LogP contribution in [0.4, 0.5) is 5.69 Å². The second kappa shape index (κ2) is 5.24. The highest BCUT2D eigenvalue weighted by molar-refractivity contribution is 5.91. The van der Waals surface area contributed by atoms with Gasteiger partial charge in [0.05, 0.1) is 6.20 Å². The summed E-state index contributed by atoms with van der Waals surface area (Å²) >= 11 is 0. The predicted molar refractivity (Wildman–Crippen MR) is 71.5 cm³/mol. The first-order valence-corrected chi connectivity index (χ1v) is 6.31. The van der Waals surface area contributed by atoms with Gasteiger partial charge in [0.25, 0.3) is 0 Å². The van der Waals surface area contributed by atoms with Crippen LogP contribution in [0.1, 0.15) is 6.42 Å². The third-order valence-corrected chi connectivity index (χ3v) is 3.23. The molecule has 0 bridgehead atoms. The molecule has 1 amide bonds. The summed E-state index contributed by atoms with van der Waals surface area (Å²) in [6.45, 7) is 1.88. The fraction of sp³-hybridized carbons (Fsp3) is 0.286. The number of carbonyl (C=O) groups excluding carboxylic acids is 1. The molecule has 0 saturated carbocycles. The van der Waals surface area contributed by atoms with E-state index in [0.29, 0.717) is 12.3 Å². The standard InChI is InChI=1S/C14H15N3O2/c18-14(5-10-6-15-7-10)17-12-3-1-11(2-4-12)13-8-16-9-19-13/h1-4,8-10,15H,5-7H2,(H,17,18). The van der Waals surface area contributed by atoms with E-state index in [2.05, 4.69) is 15.6 Å². The molecular weight excluding hydrogens is 242 g/mol. The van der Waals surface area contributed by atoms with Crippen molar-refractivity contribution in [1.82, 2.24) is 10.3 Å². The fourth-order valence-electron chi connectivity index (χ4n) is 2.04. The van der Waals surface area contributed by atoms with Crippen molar-refractivity contribution < 1.29 is 9.21 Å². The number of carbonyl (C=O) groups is 1. The summed E-state index contributed by atoms with van der Waals surface area (Å²) in [4.78, 5) is 15.6. The van der Waals surface area contributed by atoms with Crippen molar-refractivity contribution >= 4 is 11.6 Å². The largest absolute Gasteiger partial charge is 0.444 e. The first-order chi connectivity index (χ1) is 9.31. The maximum atomic E-state index is 11.8. The van der Waals surface area contributed by atoms with Crippen LogP contribution in [-0.2, 0) is 4.79 Å². The van der Waals surface area contributed by atoms with Crippen LogP contribution in [0.15, 0.2) is 41.3 Å². The van der Waals surface area contributed by atoms with Crippen LogP contribution in [0.3, 0.4) is 0 Å². The van der Waals surface area contributed by atoms with Crippen LogP contribution in [-0.4, -0.2) is 24.0 Å². The van der Waals surface area contributed by atoms with E-state index in [1.807, 2.05) is 24.3 Å². The summed E-state index contributed by atoms with van der Waals surface area (Å²) in [6, 6.07) is 7.55. The SMILES string of the molecule is O=C(CC1CNC1)Nc1ccc(-c2cnco2)cc1. The van der Waals surface area contributed by atoms with E-state index in [1.54, 1.807) is 6.20 Å². The Morgan fingerprint density at radius 1 is 1.37 bits per heavy atom. The fourth-order valence-corrected chi connectivity index (χ4v) is 2.04. The van der Waals surface area contributed by atoms with Crippen molar-refractivity contribution in [1.29, 1.82) is 0 Å². The lowest BCUT2D eigenvalue weighted by molar-refractivity contribution is -0.117. The highest BCUT2D eigenvalue weighted by Crippen LogP contribution is 2.21. The second-order valence-electron chi connectivity index (χ2n) is 4.72. The van der Waals surface area contributed by atoms with Crippen molar-refractivity contribution in [2.24, 2.45) is 5.92 Å². The molecule has 0 aliphatic carbocycles. The van der Waals surface area contributed by atoms with Gasteiger partial charge in [-0.2, -0.15) is 0 Å². The van der Waals surface area contributed by atoms with Crippen molar-refractivity contribution in [2.75, 3.05) is 18.4 Å². The Hall–Kier alpha value is -2.14. The molecule has 1 aliphatic heterocycles. The number of amides is 1. The van der Waals surface area contributed by atoms with Crippen LogP contribution < -0.4 is 10.6 Å². The summed E-state index contributed by atoms with van der Waals surface area (Å²) in [5, 5.41) is 6.06. The molecule has 0 atom stereocenters. The number of rotatable bonds is 4. The monoisotopic (exact) mass is 257 g/mol. The summed E-state index contributed by atoms with van der Waals surface area (Å²) in [5.74, 6) is 1.27. The van der Waals surface area contributed by atoms with Crippen molar-refractivity contribution in [3.63, 3.8) is 0 Å². The number of nitrogens with zero attached hydrogens (tertiary/aromatic N) is 1. The molecule has 1 aliphatic rings. The number of oxazole rings is 1. The predicted octanol–water partition coefficient (Wildman–Crippen LogP) is 1.89. The Balaban J connectivity index is 1.61. The van der Waals surface area contributed by atoms with Gasteiger partial charge in [-0.3, -0.25) is 4.79 Å². The maximum absolute atomic E-state index is 11.8. The molecule has 1 aromatic heterocycles. The zero-order valence-corrected chi connectivity index (χ0v) is 10.4. The van der Waals surface area contributed by atoms with Gasteiger partial charge in [-0.1, -0.05) is 0 Å². The van der Waals surface area contributed by atoms with E-state index in [0.717, 1.165) is 30.1 Å². The summed E-state index contributed by atoms with van der Waals surface area (Å²) < 4.78 is 5.21. The summed E-state index contributed by atoms with van der Waals surface area (Å²) in [5.41, 5.74) is 1.75. The first-order valence-electron chi connectivity index (χ1n) is 6.31. The smallest absolute Gasteiger partial charge is 0.224 e. The van der Waals surface area contributed by atoms with Gasteiger partial charge in [0, 0.05) is 17.7 Å². The number of hydrogen-bond donors (Lipinski definition) is 2. The van der Waals surface area contributed by atoms with Gasteiger partial charge in [-0.05, 0) is 43.3 Å². The van der Waals surface area contributed by atoms with E-state index in [-0.39, 0.29) is 5.91 Å². The molecule has 1 aromatic carbocycles. The van der Waals surface area contributed by atoms with E-state index < -0.39 is 0 Å². The topological polar surface area (TPSA) is 67.2 Å². The Kier molecular flexibility index (Phi) is 3.29. The zero-order chi connectivity index (χ0) is 13.1. The molecule has 2 N–H and O–H groups in total. The molecule has 0 spiro atoms. The molecule has 1 fully saturated rings. The molecular formula is C14H15N3O2. The summed E-state index contributed by atoms with van der Waals surface area (Å²) in [7, 11) is 0. The minimum absolute atomic E-state index is 0.0684.